The molecule has 1 aliphatic carbocycles. The smallest absolute Gasteiger partial charge is 0.115 e. The van der Waals surface area contributed by atoms with Crippen molar-refractivity contribution in [1.29, 1.82) is 0 Å². The Morgan fingerprint density at radius 3 is 2.67 bits per heavy atom. The summed E-state index contributed by atoms with van der Waals surface area (Å²) in [6.45, 7) is 1.14. The summed E-state index contributed by atoms with van der Waals surface area (Å²) in [6.07, 6.45) is 6.44. The lowest BCUT2D eigenvalue weighted by Crippen LogP contribution is -2.51. The first-order chi connectivity index (χ1) is 10.0. The summed E-state index contributed by atoms with van der Waals surface area (Å²) in [5.74, 6) is 0. The summed E-state index contributed by atoms with van der Waals surface area (Å²) in [7, 11) is 5.74. The van der Waals surface area contributed by atoms with Crippen LogP contribution in [0.2, 0.25) is 5.02 Å². The standard InChI is InChI=1S/C15H26ClN3O2/c1-18(2)15(7-5-4-6-8-15)14(20)13-12(16)11-17-19(13)9-10-21-3/h11,14,20H,4-10H2,1-3H3. The number of ether oxygens (including phenoxy) is 1. The molecule has 0 aliphatic heterocycles. The molecular weight excluding hydrogens is 290 g/mol. The van der Waals surface area contributed by atoms with E-state index in [-0.39, 0.29) is 5.54 Å². The summed E-state index contributed by atoms with van der Waals surface area (Å²) in [5, 5.41) is 15.9. The predicted molar refractivity (Wildman–Crippen MR) is 83.6 cm³/mol. The zero-order valence-electron chi connectivity index (χ0n) is 13.2. The van der Waals surface area contributed by atoms with Crippen LogP contribution in [-0.4, -0.2) is 53.1 Å². The van der Waals surface area contributed by atoms with Crippen LogP contribution in [0.5, 0.6) is 0 Å². The second-order valence-electron chi connectivity index (χ2n) is 6.05. The van der Waals surface area contributed by atoms with Gasteiger partial charge in [-0.25, -0.2) is 0 Å². The zero-order chi connectivity index (χ0) is 15.5. The molecule has 1 aromatic heterocycles. The lowest BCUT2D eigenvalue weighted by atomic mass is 9.75. The molecule has 0 spiro atoms. The van der Waals surface area contributed by atoms with E-state index in [1.807, 2.05) is 14.1 Å². The number of rotatable bonds is 6. The molecule has 1 unspecified atom stereocenters. The van der Waals surface area contributed by atoms with Gasteiger partial charge in [0.15, 0.2) is 0 Å². The molecule has 120 valence electrons. The number of halogens is 1. The molecule has 0 radical (unpaired) electrons. The van der Waals surface area contributed by atoms with Gasteiger partial charge in [0.1, 0.15) is 6.10 Å². The van der Waals surface area contributed by atoms with Crippen LogP contribution in [0.4, 0.5) is 0 Å². The van der Waals surface area contributed by atoms with Gasteiger partial charge in [0.05, 0.1) is 35.6 Å². The Kier molecular flexibility index (Phi) is 5.66. The maximum absolute atomic E-state index is 11.1. The molecule has 21 heavy (non-hydrogen) atoms. The van der Waals surface area contributed by atoms with Crippen molar-refractivity contribution in [3.63, 3.8) is 0 Å². The molecule has 0 amide bonds. The number of aliphatic hydroxyl groups is 1. The second kappa shape index (κ2) is 7.09. The van der Waals surface area contributed by atoms with Crippen LogP contribution in [0.1, 0.15) is 43.9 Å². The van der Waals surface area contributed by atoms with Crippen molar-refractivity contribution in [2.75, 3.05) is 27.8 Å². The highest BCUT2D eigenvalue weighted by Crippen LogP contribution is 2.43. The predicted octanol–water partition coefficient (Wildman–Crippen LogP) is 2.48. The van der Waals surface area contributed by atoms with E-state index in [0.717, 1.165) is 25.7 Å². The average molecular weight is 316 g/mol. The van der Waals surface area contributed by atoms with Crippen molar-refractivity contribution >= 4 is 11.6 Å². The highest BCUT2D eigenvalue weighted by atomic mass is 35.5. The SMILES string of the molecule is COCCn1ncc(Cl)c1C(O)C1(N(C)C)CCCCC1. The van der Waals surface area contributed by atoms with Crippen molar-refractivity contribution < 1.29 is 9.84 Å². The number of aromatic nitrogens is 2. The Balaban J connectivity index is 2.32. The van der Waals surface area contributed by atoms with Gasteiger partial charge in [-0.1, -0.05) is 30.9 Å². The molecule has 1 heterocycles. The van der Waals surface area contributed by atoms with E-state index in [2.05, 4.69) is 10.00 Å². The van der Waals surface area contributed by atoms with Crippen LogP contribution in [0.25, 0.3) is 0 Å². The van der Waals surface area contributed by atoms with Crippen molar-refractivity contribution in [2.45, 2.75) is 50.3 Å². The average Bonchev–Trinajstić information content (AvgIpc) is 2.85. The zero-order valence-corrected chi connectivity index (χ0v) is 13.9. The van der Waals surface area contributed by atoms with Crippen molar-refractivity contribution in [3.05, 3.63) is 16.9 Å². The van der Waals surface area contributed by atoms with Gasteiger partial charge in [-0.15, -0.1) is 0 Å². The normalized spacial score (nSPS) is 19.9. The third kappa shape index (κ3) is 3.26. The van der Waals surface area contributed by atoms with Crippen LogP contribution in [0, 0.1) is 0 Å². The van der Waals surface area contributed by atoms with E-state index in [1.165, 1.54) is 6.42 Å². The fourth-order valence-corrected chi connectivity index (χ4v) is 3.63. The molecule has 5 nitrogen and oxygen atoms in total. The van der Waals surface area contributed by atoms with E-state index in [0.29, 0.717) is 23.9 Å². The van der Waals surface area contributed by atoms with Crippen molar-refractivity contribution in [2.24, 2.45) is 0 Å². The van der Waals surface area contributed by atoms with Gasteiger partial charge in [0.2, 0.25) is 0 Å². The number of hydrogen-bond donors (Lipinski definition) is 1. The number of hydrogen-bond acceptors (Lipinski definition) is 4. The third-order valence-corrected chi connectivity index (χ3v) is 5.01. The summed E-state index contributed by atoms with van der Waals surface area (Å²) < 4.78 is 6.89. The second-order valence-corrected chi connectivity index (χ2v) is 6.46. The van der Waals surface area contributed by atoms with E-state index in [1.54, 1.807) is 18.0 Å². The Morgan fingerprint density at radius 1 is 1.43 bits per heavy atom. The largest absolute Gasteiger partial charge is 0.385 e. The molecule has 1 aliphatic rings. The lowest BCUT2D eigenvalue weighted by molar-refractivity contribution is -0.0382. The Morgan fingerprint density at radius 2 is 2.10 bits per heavy atom. The highest BCUT2D eigenvalue weighted by molar-refractivity contribution is 6.31. The summed E-state index contributed by atoms with van der Waals surface area (Å²) in [4.78, 5) is 2.15. The lowest BCUT2D eigenvalue weighted by Gasteiger charge is -2.46. The van der Waals surface area contributed by atoms with Crippen LogP contribution in [0.3, 0.4) is 0 Å². The fraction of sp³-hybridized carbons (Fsp3) is 0.800. The van der Waals surface area contributed by atoms with Crippen molar-refractivity contribution in [1.82, 2.24) is 14.7 Å². The molecule has 0 aromatic carbocycles. The van der Waals surface area contributed by atoms with E-state index >= 15 is 0 Å². The van der Waals surface area contributed by atoms with Gasteiger partial charge >= 0.3 is 0 Å². The Labute approximate surface area is 131 Å². The third-order valence-electron chi connectivity index (χ3n) is 4.72. The van der Waals surface area contributed by atoms with E-state index in [9.17, 15) is 5.11 Å². The Hall–Kier alpha value is -0.620. The minimum atomic E-state index is -0.639. The van der Waals surface area contributed by atoms with Crippen LogP contribution >= 0.6 is 11.6 Å². The molecular formula is C15H26ClN3O2. The van der Waals surface area contributed by atoms with Crippen LogP contribution in [0.15, 0.2) is 6.20 Å². The molecule has 1 saturated carbocycles. The maximum atomic E-state index is 11.1. The first-order valence-electron chi connectivity index (χ1n) is 7.58. The molecule has 2 rings (SSSR count). The monoisotopic (exact) mass is 315 g/mol. The van der Waals surface area contributed by atoms with Gasteiger partial charge in [-0.05, 0) is 26.9 Å². The van der Waals surface area contributed by atoms with E-state index in [4.69, 9.17) is 16.3 Å². The minimum absolute atomic E-state index is 0.257. The molecule has 0 saturated heterocycles. The fourth-order valence-electron chi connectivity index (χ4n) is 3.38. The molecule has 1 atom stereocenters. The molecule has 1 N–H and O–H groups in total. The van der Waals surface area contributed by atoms with Gasteiger partial charge in [-0.3, -0.25) is 4.68 Å². The number of methoxy groups -OCH3 is 1. The Bertz CT molecular complexity index is 456. The quantitative estimate of drug-likeness (QED) is 0.876. The van der Waals surface area contributed by atoms with Crippen LogP contribution in [-0.2, 0) is 11.3 Å². The topological polar surface area (TPSA) is 50.5 Å². The number of nitrogens with zero attached hydrogens (tertiary/aromatic N) is 3. The highest BCUT2D eigenvalue weighted by Gasteiger charge is 2.43. The number of aliphatic hydroxyl groups excluding tert-OH is 1. The van der Waals surface area contributed by atoms with Crippen molar-refractivity contribution in [3.8, 4) is 0 Å². The molecule has 1 fully saturated rings. The van der Waals surface area contributed by atoms with Gasteiger partial charge in [0, 0.05) is 7.11 Å². The minimum Gasteiger partial charge on any atom is -0.385 e. The van der Waals surface area contributed by atoms with Crippen LogP contribution < -0.4 is 0 Å². The first-order valence-corrected chi connectivity index (χ1v) is 7.96. The van der Waals surface area contributed by atoms with Gasteiger partial charge < -0.3 is 14.7 Å². The number of likely N-dealkylation sites (N-methyl/N-ethyl adjacent to an activating group) is 1. The molecule has 0 bridgehead atoms. The molecule has 6 heteroatoms. The summed E-state index contributed by atoms with van der Waals surface area (Å²) in [5.41, 5.74) is 0.455. The first kappa shape index (κ1) is 16.7. The van der Waals surface area contributed by atoms with Gasteiger partial charge in [-0.2, -0.15) is 5.10 Å². The summed E-state index contributed by atoms with van der Waals surface area (Å²) in [6, 6.07) is 0. The maximum Gasteiger partial charge on any atom is 0.115 e. The van der Waals surface area contributed by atoms with E-state index < -0.39 is 6.10 Å². The van der Waals surface area contributed by atoms with Gasteiger partial charge in [0.25, 0.3) is 0 Å². The molecule has 1 aromatic rings. The summed E-state index contributed by atoms with van der Waals surface area (Å²) >= 11 is 6.30.